The third kappa shape index (κ3) is 1.78. The van der Waals surface area contributed by atoms with Gasteiger partial charge in [-0.25, -0.2) is 9.97 Å². The lowest BCUT2D eigenvalue weighted by molar-refractivity contribution is 0.402. The Morgan fingerprint density at radius 2 is 2.06 bits per heavy atom. The minimum absolute atomic E-state index is 0.296. The summed E-state index contributed by atoms with van der Waals surface area (Å²) in [4.78, 5) is 12.5. The number of aliphatic imine (C=N–C) groups is 1. The normalized spacial score (nSPS) is 16.2. The Labute approximate surface area is 93.7 Å². The van der Waals surface area contributed by atoms with Gasteiger partial charge in [-0.2, -0.15) is 0 Å². The summed E-state index contributed by atoms with van der Waals surface area (Å²) in [6.45, 7) is 0. The smallest absolute Gasteiger partial charge is 0.237 e. The van der Waals surface area contributed by atoms with Gasteiger partial charge in [-0.3, -0.25) is 4.99 Å². The SMILES string of the molecule is CN=C(OC)c1nc(C2CC2)nc(N)c1N. The quantitative estimate of drug-likeness (QED) is 0.561. The fourth-order valence-corrected chi connectivity index (χ4v) is 1.49. The molecule has 0 radical (unpaired) electrons. The highest BCUT2D eigenvalue weighted by Gasteiger charge is 2.28. The van der Waals surface area contributed by atoms with Crippen LogP contribution in [-0.2, 0) is 4.74 Å². The van der Waals surface area contributed by atoms with Crippen molar-refractivity contribution in [3.8, 4) is 0 Å². The zero-order valence-corrected chi connectivity index (χ0v) is 9.40. The summed E-state index contributed by atoms with van der Waals surface area (Å²) in [6, 6.07) is 0. The van der Waals surface area contributed by atoms with Crippen molar-refractivity contribution in [3.05, 3.63) is 11.5 Å². The highest BCUT2D eigenvalue weighted by Crippen LogP contribution is 2.39. The summed E-state index contributed by atoms with van der Waals surface area (Å²) in [5.74, 6) is 1.83. The van der Waals surface area contributed by atoms with Crippen molar-refractivity contribution in [2.24, 2.45) is 4.99 Å². The molecule has 0 atom stereocenters. The number of anilines is 2. The molecule has 0 spiro atoms. The fraction of sp³-hybridized carbons (Fsp3) is 0.500. The van der Waals surface area contributed by atoms with Crippen LogP contribution in [0, 0.1) is 0 Å². The predicted molar refractivity (Wildman–Crippen MR) is 62.3 cm³/mol. The maximum atomic E-state index is 5.81. The van der Waals surface area contributed by atoms with Crippen LogP contribution >= 0.6 is 0 Å². The molecule has 6 nitrogen and oxygen atoms in total. The molecule has 0 saturated heterocycles. The van der Waals surface area contributed by atoms with E-state index in [1.165, 1.54) is 7.11 Å². The molecule has 6 heteroatoms. The van der Waals surface area contributed by atoms with Crippen LogP contribution in [-0.4, -0.2) is 30.0 Å². The summed E-state index contributed by atoms with van der Waals surface area (Å²) in [7, 11) is 3.14. The van der Waals surface area contributed by atoms with Crippen LogP contribution in [0.15, 0.2) is 4.99 Å². The van der Waals surface area contributed by atoms with Gasteiger partial charge in [0.15, 0.2) is 11.5 Å². The molecule has 1 fully saturated rings. The van der Waals surface area contributed by atoms with Crippen molar-refractivity contribution in [1.82, 2.24) is 9.97 Å². The molecule has 16 heavy (non-hydrogen) atoms. The third-order valence-corrected chi connectivity index (χ3v) is 2.53. The van der Waals surface area contributed by atoms with Crippen LogP contribution < -0.4 is 11.5 Å². The summed E-state index contributed by atoms with van der Waals surface area (Å²) in [5.41, 5.74) is 12.4. The molecule has 1 aliphatic rings. The average Bonchev–Trinajstić information content (AvgIpc) is 3.09. The minimum atomic E-state index is 0.296. The molecule has 1 heterocycles. The van der Waals surface area contributed by atoms with Gasteiger partial charge in [0.05, 0.1) is 7.11 Å². The predicted octanol–water partition coefficient (Wildman–Crippen LogP) is 0.541. The Balaban J connectivity index is 2.49. The molecular formula is C10H15N5O. The van der Waals surface area contributed by atoms with Crippen molar-refractivity contribution in [2.75, 3.05) is 25.6 Å². The first-order valence-corrected chi connectivity index (χ1v) is 5.11. The number of nitrogens with zero attached hydrogens (tertiary/aromatic N) is 3. The van der Waals surface area contributed by atoms with Gasteiger partial charge >= 0.3 is 0 Å². The second-order valence-corrected chi connectivity index (χ2v) is 3.74. The Kier molecular flexibility index (Phi) is 2.64. The highest BCUT2D eigenvalue weighted by atomic mass is 16.5. The molecule has 0 amide bonds. The van der Waals surface area contributed by atoms with Crippen molar-refractivity contribution >= 4 is 17.4 Å². The van der Waals surface area contributed by atoms with Gasteiger partial charge in [0.25, 0.3) is 0 Å². The molecule has 2 rings (SSSR count). The van der Waals surface area contributed by atoms with E-state index in [0.717, 1.165) is 18.7 Å². The number of ether oxygens (including phenoxy) is 1. The molecule has 1 aromatic rings. The number of hydrogen-bond acceptors (Lipinski definition) is 6. The maximum absolute atomic E-state index is 5.81. The van der Waals surface area contributed by atoms with Crippen molar-refractivity contribution in [2.45, 2.75) is 18.8 Å². The van der Waals surface area contributed by atoms with E-state index >= 15 is 0 Å². The lowest BCUT2D eigenvalue weighted by atomic mass is 10.3. The van der Waals surface area contributed by atoms with Crippen LogP contribution in [0.1, 0.15) is 30.3 Å². The average molecular weight is 221 g/mol. The fourth-order valence-electron chi connectivity index (χ4n) is 1.49. The standard InChI is InChI=1S/C10H15N5O/c1-13-10(16-2)7-6(11)8(12)15-9(14-7)5-3-4-5/h5H,3-4,11H2,1-2H3,(H2,12,14,15). The molecule has 1 saturated carbocycles. The largest absolute Gasteiger partial charge is 0.480 e. The Morgan fingerprint density at radius 3 is 2.56 bits per heavy atom. The number of methoxy groups -OCH3 is 1. The van der Waals surface area contributed by atoms with Gasteiger partial charge in [0.1, 0.15) is 11.5 Å². The number of hydrogen-bond donors (Lipinski definition) is 2. The summed E-state index contributed by atoms with van der Waals surface area (Å²) >= 11 is 0. The maximum Gasteiger partial charge on any atom is 0.237 e. The van der Waals surface area contributed by atoms with Gasteiger partial charge in [0, 0.05) is 13.0 Å². The highest BCUT2D eigenvalue weighted by molar-refractivity contribution is 5.98. The zero-order valence-electron chi connectivity index (χ0n) is 9.40. The van der Waals surface area contributed by atoms with Crippen LogP contribution in [0.25, 0.3) is 0 Å². The van der Waals surface area contributed by atoms with E-state index in [9.17, 15) is 0 Å². The summed E-state index contributed by atoms with van der Waals surface area (Å²) in [6.07, 6.45) is 2.21. The number of nitrogen functional groups attached to an aromatic ring is 2. The molecule has 0 aromatic carbocycles. The lowest BCUT2D eigenvalue weighted by Gasteiger charge is -2.10. The summed E-state index contributed by atoms with van der Waals surface area (Å²) in [5, 5.41) is 0. The second kappa shape index (κ2) is 3.96. The first-order chi connectivity index (χ1) is 7.67. The van der Waals surface area contributed by atoms with Crippen LogP contribution in [0.3, 0.4) is 0 Å². The van der Waals surface area contributed by atoms with E-state index in [-0.39, 0.29) is 0 Å². The van der Waals surface area contributed by atoms with Crippen molar-refractivity contribution in [1.29, 1.82) is 0 Å². The molecule has 86 valence electrons. The molecule has 0 bridgehead atoms. The van der Waals surface area contributed by atoms with Crippen molar-refractivity contribution in [3.63, 3.8) is 0 Å². The van der Waals surface area contributed by atoms with Gasteiger partial charge in [-0.15, -0.1) is 0 Å². The van der Waals surface area contributed by atoms with Gasteiger partial charge in [0.2, 0.25) is 5.90 Å². The number of aromatic nitrogens is 2. The Bertz CT molecular complexity index is 439. The monoisotopic (exact) mass is 221 g/mol. The molecule has 1 aromatic heterocycles. The topological polar surface area (TPSA) is 99.4 Å². The van der Waals surface area contributed by atoms with E-state index in [0.29, 0.717) is 29.0 Å². The van der Waals surface area contributed by atoms with Crippen molar-refractivity contribution < 1.29 is 4.74 Å². The molecular weight excluding hydrogens is 206 g/mol. The number of nitrogens with two attached hydrogens (primary N) is 2. The van der Waals surface area contributed by atoms with E-state index < -0.39 is 0 Å². The van der Waals surface area contributed by atoms with E-state index in [1.807, 2.05) is 0 Å². The summed E-state index contributed by atoms with van der Waals surface area (Å²) < 4.78 is 5.10. The number of rotatable bonds is 2. The first kappa shape index (κ1) is 10.7. The molecule has 0 aliphatic heterocycles. The molecule has 1 aliphatic carbocycles. The molecule has 4 N–H and O–H groups in total. The third-order valence-electron chi connectivity index (χ3n) is 2.53. The van der Waals surface area contributed by atoms with Gasteiger partial charge in [-0.05, 0) is 12.8 Å². The molecule has 0 unspecified atom stereocenters. The Morgan fingerprint density at radius 1 is 1.38 bits per heavy atom. The van der Waals surface area contributed by atoms with Gasteiger partial charge < -0.3 is 16.2 Å². The zero-order chi connectivity index (χ0) is 11.7. The first-order valence-electron chi connectivity index (χ1n) is 5.11. The Hall–Kier alpha value is -1.85. The van der Waals surface area contributed by atoms with Gasteiger partial charge in [-0.1, -0.05) is 0 Å². The second-order valence-electron chi connectivity index (χ2n) is 3.74. The minimum Gasteiger partial charge on any atom is -0.480 e. The van der Waals surface area contributed by atoms with E-state index in [2.05, 4.69) is 15.0 Å². The van der Waals surface area contributed by atoms with Crippen LogP contribution in [0.5, 0.6) is 0 Å². The van der Waals surface area contributed by atoms with E-state index in [1.54, 1.807) is 7.05 Å². The van der Waals surface area contributed by atoms with E-state index in [4.69, 9.17) is 16.2 Å². The lowest BCUT2D eigenvalue weighted by Crippen LogP contribution is -2.15. The van der Waals surface area contributed by atoms with Crippen LogP contribution in [0.2, 0.25) is 0 Å². The van der Waals surface area contributed by atoms with Crippen LogP contribution in [0.4, 0.5) is 11.5 Å².